The predicted molar refractivity (Wildman–Crippen MR) is 86.4 cm³/mol. The molecular formula is C14H27BO5Si. The molecule has 0 bridgehead atoms. The molecule has 1 aliphatic rings. The summed E-state index contributed by atoms with van der Waals surface area (Å²) in [7, 11) is -1.26. The van der Waals surface area contributed by atoms with Gasteiger partial charge in [-0.3, -0.25) is 0 Å². The van der Waals surface area contributed by atoms with Gasteiger partial charge in [0.25, 0.3) is 0 Å². The molecule has 0 saturated carbocycles. The molecule has 2 unspecified atom stereocenters. The Kier molecular flexibility index (Phi) is 6.68. The van der Waals surface area contributed by atoms with E-state index in [1.165, 1.54) is 7.11 Å². The molecule has 0 radical (unpaired) electrons. The van der Waals surface area contributed by atoms with Gasteiger partial charge >= 0.3 is 7.12 Å². The number of rotatable bonds is 8. The van der Waals surface area contributed by atoms with Crippen molar-refractivity contribution in [1.29, 1.82) is 0 Å². The molecule has 0 fully saturated rings. The van der Waals surface area contributed by atoms with E-state index in [0.717, 1.165) is 6.04 Å². The maximum Gasteiger partial charge on any atom is 0.491 e. The average molecular weight is 314 g/mol. The number of methoxy groups -OCH3 is 1. The van der Waals surface area contributed by atoms with Crippen molar-refractivity contribution in [2.45, 2.75) is 38.1 Å². The van der Waals surface area contributed by atoms with Crippen LogP contribution in [0.25, 0.3) is 0 Å². The van der Waals surface area contributed by atoms with Gasteiger partial charge in [0.15, 0.2) is 0 Å². The first-order chi connectivity index (χ1) is 9.71. The third-order valence-electron chi connectivity index (χ3n) is 3.66. The summed E-state index contributed by atoms with van der Waals surface area (Å²) in [5, 5.41) is 19.5. The van der Waals surface area contributed by atoms with Gasteiger partial charge < -0.3 is 24.3 Å². The maximum atomic E-state index is 9.74. The average Bonchev–Trinajstić information content (AvgIpc) is 2.38. The van der Waals surface area contributed by atoms with E-state index >= 15 is 0 Å². The molecule has 0 spiro atoms. The Hall–Kier alpha value is -0.598. The van der Waals surface area contributed by atoms with Crippen molar-refractivity contribution in [2.75, 3.05) is 20.5 Å². The minimum absolute atomic E-state index is 0.0216. The zero-order chi connectivity index (χ0) is 16.1. The molecule has 1 rings (SSSR count). The molecule has 2 N–H and O–H groups in total. The molecule has 1 aliphatic carbocycles. The third kappa shape index (κ3) is 5.27. The van der Waals surface area contributed by atoms with Gasteiger partial charge in [-0.25, -0.2) is 0 Å². The summed E-state index contributed by atoms with van der Waals surface area (Å²) in [6.45, 7) is 9.33. The van der Waals surface area contributed by atoms with Crippen LogP contribution >= 0.6 is 0 Å². The monoisotopic (exact) mass is 314 g/mol. The van der Waals surface area contributed by atoms with Crippen LogP contribution in [0.4, 0.5) is 0 Å². The number of allylic oxidation sites excluding steroid dienone is 1. The molecule has 0 aromatic heterocycles. The lowest BCUT2D eigenvalue weighted by atomic mass is 9.59. The van der Waals surface area contributed by atoms with Crippen molar-refractivity contribution in [3.8, 4) is 0 Å². The summed E-state index contributed by atoms with van der Waals surface area (Å²) >= 11 is 0. The number of hydrogen-bond donors (Lipinski definition) is 2. The predicted octanol–water partition coefficient (Wildman–Crippen LogP) is 1.80. The zero-order valence-electron chi connectivity index (χ0n) is 13.6. The number of hydrogen-bond acceptors (Lipinski definition) is 5. The van der Waals surface area contributed by atoms with Crippen molar-refractivity contribution in [3.63, 3.8) is 0 Å². The molecule has 0 aliphatic heterocycles. The molecule has 5 nitrogen and oxygen atoms in total. The van der Waals surface area contributed by atoms with Gasteiger partial charge in [-0.15, -0.1) is 0 Å². The summed E-state index contributed by atoms with van der Waals surface area (Å²) in [4.78, 5) is 0. The zero-order valence-corrected chi connectivity index (χ0v) is 14.6. The Morgan fingerprint density at radius 1 is 1.33 bits per heavy atom. The Morgan fingerprint density at radius 3 is 2.52 bits per heavy atom. The van der Waals surface area contributed by atoms with Crippen molar-refractivity contribution < 1.29 is 24.3 Å². The smallest absolute Gasteiger partial charge is 0.491 e. The first kappa shape index (κ1) is 18.5. The van der Waals surface area contributed by atoms with E-state index in [1.807, 2.05) is 13.0 Å². The Labute approximate surface area is 128 Å². The maximum absolute atomic E-state index is 9.74. The van der Waals surface area contributed by atoms with Crippen LogP contribution in [0.3, 0.4) is 0 Å². The SMILES string of the molecule is COC1=CC(OCOCC[Si](C)(C)C)(B(O)O)C(C)C=C1. The van der Waals surface area contributed by atoms with E-state index in [-0.39, 0.29) is 12.7 Å². The fraction of sp³-hybridized carbons (Fsp3) is 0.714. The van der Waals surface area contributed by atoms with Gasteiger partial charge in [0.1, 0.15) is 18.1 Å². The van der Waals surface area contributed by atoms with Crippen molar-refractivity contribution in [3.05, 3.63) is 24.0 Å². The summed E-state index contributed by atoms with van der Waals surface area (Å²) in [6.07, 6.45) is 5.23. The van der Waals surface area contributed by atoms with Crippen LogP contribution in [0.5, 0.6) is 0 Å². The highest BCUT2D eigenvalue weighted by Crippen LogP contribution is 2.32. The number of ether oxygens (including phenoxy) is 3. The van der Waals surface area contributed by atoms with Crippen molar-refractivity contribution in [2.24, 2.45) is 5.92 Å². The molecule has 2 atom stereocenters. The van der Waals surface area contributed by atoms with Crippen LogP contribution < -0.4 is 0 Å². The quantitative estimate of drug-likeness (QED) is 0.406. The van der Waals surface area contributed by atoms with Crippen molar-refractivity contribution >= 4 is 15.2 Å². The van der Waals surface area contributed by atoms with E-state index in [2.05, 4.69) is 19.6 Å². The summed E-state index contributed by atoms with van der Waals surface area (Å²) in [6, 6.07) is 1.04. The van der Waals surface area contributed by atoms with E-state index in [0.29, 0.717) is 12.4 Å². The highest BCUT2D eigenvalue weighted by atomic mass is 28.3. The Bertz CT molecular complexity index is 391. The van der Waals surface area contributed by atoms with E-state index in [9.17, 15) is 10.0 Å². The molecule has 0 aromatic rings. The van der Waals surface area contributed by atoms with Crippen LogP contribution in [0.2, 0.25) is 25.7 Å². The van der Waals surface area contributed by atoms with Crippen LogP contribution in [-0.4, -0.2) is 51.3 Å². The van der Waals surface area contributed by atoms with E-state index in [4.69, 9.17) is 14.2 Å². The van der Waals surface area contributed by atoms with Gasteiger partial charge in [-0.2, -0.15) is 0 Å². The molecular weight excluding hydrogens is 287 g/mol. The minimum Gasteiger partial charge on any atom is -0.497 e. The fourth-order valence-electron chi connectivity index (χ4n) is 2.06. The van der Waals surface area contributed by atoms with Gasteiger partial charge in [-0.05, 0) is 18.2 Å². The molecule has 21 heavy (non-hydrogen) atoms. The highest BCUT2D eigenvalue weighted by Gasteiger charge is 2.47. The first-order valence-corrected chi connectivity index (χ1v) is 10.9. The minimum atomic E-state index is -1.65. The largest absolute Gasteiger partial charge is 0.497 e. The normalized spacial score (nSPS) is 25.7. The van der Waals surface area contributed by atoms with Gasteiger partial charge in [-0.1, -0.05) is 32.6 Å². The topological polar surface area (TPSA) is 68.2 Å². The lowest BCUT2D eigenvalue weighted by Gasteiger charge is -2.36. The second-order valence-electron chi connectivity index (χ2n) is 6.61. The van der Waals surface area contributed by atoms with Crippen LogP contribution in [0.1, 0.15) is 6.92 Å². The first-order valence-electron chi connectivity index (χ1n) is 7.24. The van der Waals surface area contributed by atoms with Crippen LogP contribution in [-0.2, 0) is 14.2 Å². The van der Waals surface area contributed by atoms with Crippen LogP contribution in [0.15, 0.2) is 24.0 Å². The van der Waals surface area contributed by atoms with Crippen LogP contribution in [0, 0.1) is 5.92 Å². The van der Waals surface area contributed by atoms with E-state index in [1.54, 1.807) is 12.2 Å². The highest BCUT2D eigenvalue weighted by molar-refractivity contribution is 6.76. The van der Waals surface area contributed by atoms with E-state index < -0.39 is 20.7 Å². The molecule has 0 saturated heterocycles. The summed E-state index contributed by atoms with van der Waals surface area (Å²) < 4.78 is 16.3. The molecule has 7 heteroatoms. The summed E-state index contributed by atoms with van der Waals surface area (Å²) in [5.74, 6) is 0.347. The standard InChI is InChI=1S/C14H27BO5Si/c1-12-6-7-13(18-2)10-14(12,15(16)17)20-11-19-8-9-21(3,4)5/h6-7,10,12,16-17H,8-9,11H2,1-5H3. The Morgan fingerprint density at radius 2 is 2.00 bits per heavy atom. The third-order valence-corrected chi connectivity index (χ3v) is 5.36. The molecule has 0 heterocycles. The summed E-state index contributed by atoms with van der Waals surface area (Å²) in [5.41, 5.74) is -1.24. The van der Waals surface area contributed by atoms with Gasteiger partial charge in [0.2, 0.25) is 0 Å². The molecule has 0 amide bonds. The Balaban J connectivity index is 2.62. The fourth-order valence-corrected chi connectivity index (χ4v) is 2.81. The second-order valence-corrected chi connectivity index (χ2v) is 12.2. The van der Waals surface area contributed by atoms with Gasteiger partial charge in [0.05, 0.1) is 7.11 Å². The molecule has 120 valence electrons. The van der Waals surface area contributed by atoms with Crippen molar-refractivity contribution in [1.82, 2.24) is 0 Å². The lowest BCUT2D eigenvalue weighted by Crippen LogP contribution is -2.53. The second kappa shape index (κ2) is 7.60. The lowest BCUT2D eigenvalue weighted by molar-refractivity contribution is -0.111. The molecule has 0 aromatic carbocycles. The van der Waals surface area contributed by atoms with Gasteiger partial charge in [0, 0.05) is 20.6 Å².